The van der Waals surface area contributed by atoms with Crippen LogP contribution in [0.4, 0.5) is 4.39 Å². The molecule has 0 bridgehead atoms. The number of carbonyl (C=O) groups is 1. The van der Waals surface area contributed by atoms with E-state index in [2.05, 4.69) is 5.32 Å². The number of fused-ring (bicyclic) bond motifs is 1. The van der Waals surface area contributed by atoms with Crippen LogP contribution in [0.25, 0.3) is 10.9 Å². The zero-order valence-electron chi connectivity index (χ0n) is 13.8. The summed E-state index contributed by atoms with van der Waals surface area (Å²) in [5, 5.41) is 11.8. The molecular formula is C18H17ClFN3O2. The fourth-order valence-electron chi connectivity index (χ4n) is 2.73. The maximum Gasteiger partial charge on any atom is 0.257 e. The molecule has 0 spiro atoms. The second-order valence-corrected chi connectivity index (χ2v) is 7.03. The fraction of sp³-hybridized carbons (Fsp3) is 0.389. The molecule has 1 atom stereocenters. The number of nitriles is 1. The van der Waals surface area contributed by atoms with E-state index >= 15 is 0 Å². The van der Waals surface area contributed by atoms with Gasteiger partial charge in [0.1, 0.15) is 17.4 Å². The van der Waals surface area contributed by atoms with Gasteiger partial charge in [0, 0.05) is 17.6 Å². The summed E-state index contributed by atoms with van der Waals surface area (Å²) in [5.74, 6) is -1.43. The molecule has 2 aromatic rings. The van der Waals surface area contributed by atoms with Gasteiger partial charge in [0.25, 0.3) is 5.91 Å². The van der Waals surface area contributed by atoms with Crippen LogP contribution in [0.5, 0.6) is 0 Å². The molecule has 0 unspecified atom stereocenters. The molecule has 1 saturated carbocycles. The maximum atomic E-state index is 13.9. The third-order valence-corrected chi connectivity index (χ3v) is 4.64. The molecule has 1 aromatic heterocycles. The topological polar surface area (TPSA) is 74.9 Å². The van der Waals surface area contributed by atoms with Crippen molar-refractivity contribution in [3.8, 4) is 6.07 Å². The number of carbonyl (C=O) groups excluding carboxylic acids is 1. The summed E-state index contributed by atoms with van der Waals surface area (Å²) < 4.78 is 15.7. The van der Waals surface area contributed by atoms with Gasteiger partial charge in [-0.25, -0.2) is 4.39 Å². The van der Waals surface area contributed by atoms with Crippen molar-refractivity contribution >= 4 is 28.4 Å². The molecule has 0 saturated heterocycles. The van der Waals surface area contributed by atoms with Crippen LogP contribution >= 0.6 is 11.6 Å². The summed E-state index contributed by atoms with van der Waals surface area (Å²) in [4.78, 5) is 25.2. The van der Waals surface area contributed by atoms with Crippen LogP contribution in [0.3, 0.4) is 0 Å². The normalized spacial score (nSPS) is 15.2. The molecule has 1 amide bonds. The van der Waals surface area contributed by atoms with Crippen LogP contribution in [0.1, 0.15) is 43.1 Å². The van der Waals surface area contributed by atoms with E-state index in [0.29, 0.717) is 5.52 Å². The van der Waals surface area contributed by atoms with Gasteiger partial charge in [-0.15, -0.1) is 0 Å². The Labute approximate surface area is 149 Å². The first-order chi connectivity index (χ1) is 11.8. The fourth-order valence-corrected chi connectivity index (χ4v) is 2.89. The molecule has 25 heavy (non-hydrogen) atoms. The summed E-state index contributed by atoms with van der Waals surface area (Å²) in [6.07, 6.45) is 3.32. The van der Waals surface area contributed by atoms with Crippen LogP contribution in [-0.4, -0.2) is 16.5 Å². The average molecular weight is 362 g/mol. The zero-order valence-corrected chi connectivity index (χ0v) is 14.6. The van der Waals surface area contributed by atoms with E-state index in [1.165, 1.54) is 12.3 Å². The number of benzene rings is 1. The van der Waals surface area contributed by atoms with Gasteiger partial charge in [-0.3, -0.25) is 9.59 Å². The summed E-state index contributed by atoms with van der Waals surface area (Å²) in [5.41, 5.74) is -0.154. The molecule has 1 fully saturated rings. The lowest BCUT2D eigenvalue weighted by molar-refractivity contribution is 0.0936. The van der Waals surface area contributed by atoms with Crippen molar-refractivity contribution in [2.24, 2.45) is 5.92 Å². The molecule has 0 aliphatic heterocycles. The number of amides is 1. The molecule has 1 aromatic carbocycles. The van der Waals surface area contributed by atoms with Gasteiger partial charge in [-0.2, -0.15) is 5.26 Å². The van der Waals surface area contributed by atoms with Crippen molar-refractivity contribution in [1.29, 1.82) is 5.26 Å². The Kier molecular flexibility index (Phi) is 4.53. The SMILES string of the molecule is CC(C)[C@H](C#N)NC(=O)c1cn(C2CC2)c2cc(Cl)c(F)cc2c1=O. The minimum Gasteiger partial charge on any atom is -0.343 e. The second kappa shape index (κ2) is 6.49. The van der Waals surface area contributed by atoms with Crippen LogP contribution in [-0.2, 0) is 0 Å². The zero-order chi connectivity index (χ0) is 18.3. The molecule has 1 aliphatic rings. The van der Waals surface area contributed by atoms with Crippen LogP contribution in [0.15, 0.2) is 23.1 Å². The Morgan fingerprint density at radius 2 is 2.12 bits per heavy atom. The van der Waals surface area contributed by atoms with Gasteiger partial charge in [0.15, 0.2) is 0 Å². The lowest BCUT2D eigenvalue weighted by Crippen LogP contribution is -2.39. The summed E-state index contributed by atoms with van der Waals surface area (Å²) >= 11 is 5.86. The Bertz CT molecular complexity index is 957. The molecular weight excluding hydrogens is 345 g/mol. The molecule has 1 heterocycles. The number of halogens is 2. The van der Waals surface area contributed by atoms with E-state index in [4.69, 9.17) is 16.9 Å². The number of nitrogens with zero attached hydrogens (tertiary/aromatic N) is 2. The maximum absolute atomic E-state index is 13.9. The van der Waals surface area contributed by atoms with E-state index in [1.807, 2.05) is 6.07 Å². The van der Waals surface area contributed by atoms with Crippen LogP contribution in [0, 0.1) is 23.1 Å². The van der Waals surface area contributed by atoms with E-state index in [1.54, 1.807) is 18.4 Å². The van der Waals surface area contributed by atoms with Crippen LogP contribution in [0.2, 0.25) is 5.02 Å². The number of hydrogen-bond donors (Lipinski definition) is 1. The number of pyridine rings is 1. The van der Waals surface area contributed by atoms with Crippen LogP contribution < -0.4 is 10.7 Å². The molecule has 130 valence electrons. The predicted molar refractivity (Wildman–Crippen MR) is 93.2 cm³/mol. The monoisotopic (exact) mass is 361 g/mol. The Balaban J connectivity index is 2.15. The van der Waals surface area contributed by atoms with Gasteiger partial charge in [0.05, 0.1) is 16.6 Å². The molecule has 5 nitrogen and oxygen atoms in total. The molecule has 0 radical (unpaired) electrons. The van der Waals surface area contributed by atoms with Gasteiger partial charge in [-0.05, 0) is 30.9 Å². The highest BCUT2D eigenvalue weighted by atomic mass is 35.5. The van der Waals surface area contributed by atoms with Crippen molar-refractivity contribution in [2.75, 3.05) is 0 Å². The third kappa shape index (κ3) is 3.24. The first-order valence-electron chi connectivity index (χ1n) is 8.08. The first-order valence-corrected chi connectivity index (χ1v) is 8.45. The largest absolute Gasteiger partial charge is 0.343 e. The Hall–Kier alpha value is -2.39. The average Bonchev–Trinajstić information content (AvgIpc) is 3.39. The molecule has 7 heteroatoms. The van der Waals surface area contributed by atoms with E-state index in [-0.39, 0.29) is 27.9 Å². The first kappa shape index (κ1) is 17.4. The van der Waals surface area contributed by atoms with Crippen molar-refractivity contribution in [3.05, 3.63) is 45.0 Å². The minimum atomic E-state index is -0.709. The second-order valence-electron chi connectivity index (χ2n) is 6.62. The third-order valence-electron chi connectivity index (χ3n) is 4.35. The molecule has 1 N–H and O–H groups in total. The van der Waals surface area contributed by atoms with E-state index < -0.39 is 23.2 Å². The Morgan fingerprint density at radius 1 is 1.44 bits per heavy atom. The minimum absolute atomic E-state index is 0.0668. The van der Waals surface area contributed by atoms with Gasteiger partial charge < -0.3 is 9.88 Å². The van der Waals surface area contributed by atoms with E-state index in [9.17, 15) is 14.0 Å². The quantitative estimate of drug-likeness (QED) is 0.906. The molecule has 3 rings (SSSR count). The summed E-state index contributed by atoms with van der Waals surface area (Å²) in [6, 6.07) is 3.94. The number of hydrogen-bond acceptors (Lipinski definition) is 3. The van der Waals surface area contributed by atoms with Crippen molar-refractivity contribution in [3.63, 3.8) is 0 Å². The Morgan fingerprint density at radius 3 is 2.68 bits per heavy atom. The van der Waals surface area contributed by atoms with Crippen molar-refractivity contribution in [1.82, 2.24) is 9.88 Å². The van der Waals surface area contributed by atoms with Gasteiger partial charge in [0.2, 0.25) is 5.43 Å². The van der Waals surface area contributed by atoms with Gasteiger partial charge >= 0.3 is 0 Å². The van der Waals surface area contributed by atoms with E-state index in [0.717, 1.165) is 18.9 Å². The van der Waals surface area contributed by atoms with Gasteiger partial charge in [-0.1, -0.05) is 25.4 Å². The highest BCUT2D eigenvalue weighted by Gasteiger charge is 2.28. The lowest BCUT2D eigenvalue weighted by atomic mass is 10.0. The predicted octanol–water partition coefficient (Wildman–Crippen LogP) is 3.41. The summed E-state index contributed by atoms with van der Waals surface area (Å²) in [6.45, 7) is 3.60. The van der Waals surface area contributed by atoms with Crippen molar-refractivity contribution in [2.45, 2.75) is 38.8 Å². The number of rotatable bonds is 4. The standard InChI is InChI=1S/C18H17ClFN3O2/c1-9(2)15(7-21)22-18(25)12-8-23(10-3-4-10)16-6-13(19)14(20)5-11(16)17(12)24/h5-6,8-10,15H,3-4H2,1-2H3,(H,22,25)/t15-/m0/s1. The lowest BCUT2D eigenvalue weighted by Gasteiger charge is -2.17. The highest BCUT2D eigenvalue weighted by molar-refractivity contribution is 6.31. The molecule has 1 aliphatic carbocycles. The number of aromatic nitrogens is 1. The smallest absolute Gasteiger partial charge is 0.257 e. The van der Waals surface area contributed by atoms with Crippen molar-refractivity contribution < 1.29 is 9.18 Å². The summed E-state index contributed by atoms with van der Waals surface area (Å²) in [7, 11) is 0. The number of nitrogens with one attached hydrogen (secondary N) is 1. The highest BCUT2D eigenvalue weighted by Crippen LogP contribution is 2.37.